The smallest absolute Gasteiger partial charge is 0.298 e. The highest BCUT2D eigenvalue weighted by Gasteiger charge is 2.81. The molecule has 3 aliphatic carbocycles. The molecule has 1 aromatic rings. The number of rotatable bonds is 10. The van der Waals surface area contributed by atoms with Crippen molar-refractivity contribution in [3.63, 3.8) is 0 Å². The highest BCUT2D eigenvalue weighted by molar-refractivity contribution is 6.19. The Morgan fingerprint density at radius 1 is 1.04 bits per heavy atom. The molecule has 0 aromatic heterocycles. The Hall–Kier alpha value is -3.95. The van der Waals surface area contributed by atoms with E-state index in [1.54, 1.807) is 6.08 Å². The molecule has 5 atom stereocenters. The Labute approximate surface area is 275 Å². The van der Waals surface area contributed by atoms with E-state index in [4.69, 9.17) is 18.9 Å². The van der Waals surface area contributed by atoms with Gasteiger partial charge in [0.2, 0.25) is 0 Å². The molecular formula is C38H44O9. The number of phenols is 1. The van der Waals surface area contributed by atoms with E-state index in [1.165, 1.54) is 11.6 Å². The van der Waals surface area contributed by atoms with Crippen molar-refractivity contribution in [2.75, 3.05) is 6.61 Å². The molecule has 1 spiro atoms. The van der Waals surface area contributed by atoms with Crippen LogP contribution in [0.3, 0.4) is 0 Å². The molecule has 1 saturated heterocycles. The van der Waals surface area contributed by atoms with Gasteiger partial charge in [0, 0.05) is 29.4 Å². The lowest BCUT2D eigenvalue weighted by Gasteiger charge is -2.56. The number of aliphatic hydroxyl groups excluding tert-OH is 1. The van der Waals surface area contributed by atoms with Crippen LogP contribution < -0.4 is 9.47 Å². The number of aliphatic hydroxyl groups is 1. The van der Waals surface area contributed by atoms with Crippen molar-refractivity contribution in [1.82, 2.24) is 0 Å². The zero-order valence-corrected chi connectivity index (χ0v) is 28.2. The van der Waals surface area contributed by atoms with Gasteiger partial charge < -0.3 is 29.2 Å². The summed E-state index contributed by atoms with van der Waals surface area (Å²) in [6.45, 7) is 13.5. The van der Waals surface area contributed by atoms with Crippen molar-refractivity contribution in [3.05, 3.63) is 69.5 Å². The van der Waals surface area contributed by atoms with E-state index in [1.807, 2.05) is 52.8 Å². The van der Waals surface area contributed by atoms with Gasteiger partial charge in [-0.3, -0.25) is 14.4 Å². The van der Waals surface area contributed by atoms with Crippen LogP contribution in [0.5, 0.6) is 17.2 Å². The number of benzene rings is 1. The van der Waals surface area contributed by atoms with Gasteiger partial charge in [-0.1, -0.05) is 29.4 Å². The molecule has 3 heterocycles. The maximum atomic E-state index is 14.8. The largest absolute Gasteiger partial charge is 0.506 e. The van der Waals surface area contributed by atoms with E-state index in [2.05, 4.69) is 19.9 Å². The average Bonchev–Trinajstić information content (AvgIpc) is 3.15. The normalized spacial score (nSPS) is 30.7. The van der Waals surface area contributed by atoms with Gasteiger partial charge >= 0.3 is 0 Å². The summed E-state index contributed by atoms with van der Waals surface area (Å²) in [5.41, 5.74) is -1.16. The average molecular weight is 645 g/mol. The molecule has 3 unspecified atom stereocenters. The second-order valence-electron chi connectivity index (χ2n) is 14.6. The third-order valence-electron chi connectivity index (χ3n) is 10.4. The van der Waals surface area contributed by atoms with Gasteiger partial charge in [-0.25, -0.2) is 0 Å². The maximum Gasteiger partial charge on any atom is 0.298 e. The van der Waals surface area contributed by atoms with E-state index in [9.17, 15) is 24.6 Å². The molecule has 4 bridgehead atoms. The molecule has 0 amide bonds. The van der Waals surface area contributed by atoms with Crippen molar-refractivity contribution in [2.45, 2.75) is 103 Å². The molecule has 7 rings (SSSR count). The standard InChI is InChI=1S/C38H44O9/c1-21(2)9-8-14-36(7)15-13-25-30(41)29-31(42)27-17-23-18-28-35(5,6)47-37(34(23)43,16-12-24(19-39)44-20-40)38(27,28)46-33(29)26(32(25)45-36)11-10-22(3)4/h9-10,12-13,15,17,20,23,28,39,41H,8,11,14,16,18-19H2,1-7H3/t23?,28?,36-,37?,38-/m1/s1. The summed E-state index contributed by atoms with van der Waals surface area (Å²) >= 11 is 0. The summed E-state index contributed by atoms with van der Waals surface area (Å²) in [6, 6.07) is 0. The third-order valence-corrected chi connectivity index (χ3v) is 10.4. The molecule has 47 heavy (non-hydrogen) atoms. The van der Waals surface area contributed by atoms with E-state index >= 15 is 0 Å². The number of phenolic OH excluding ortho intramolecular Hbond substituents is 1. The summed E-state index contributed by atoms with van der Waals surface area (Å²) in [7, 11) is 0. The summed E-state index contributed by atoms with van der Waals surface area (Å²) in [6.07, 6.45) is 13.2. The van der Waals surface area contributed by atoms with Crippen molar-refractivity contribution in [1.29, 1.82) is 0 Å². The van der Waals surface area contributed by atoms with Crippen LogP contribution in [0, 0.1) is 11.8 Å². The number of allylic oxidation sites excluding steroid dienone is 5. The van der Waals surface area contributed by atoms with Crippen LogP contribution in [0.15, 0.2) is 52.9 Å². The lowest BCUT2D eigenvalue weighted by Crippen LogP contribution is -2.72. The first-order valence-electron chi connectivity index (χ1n) is 16.3. The number of hydrogen-bond acceptors (Lipinski definition) is 9. The summed E-state index contributed by atoms with van der Waals surface area (Å²) in [4.78, 5) is 40.2. The van der Waals surface area contributed by atoms with Crippen LogP contribution in [0.25, 0.3) is 6.08 Å². The molecule has 1 saturated carbocycles. The van der Waals surface area contributed by atoms with Crippen molar-refractivity contribution in [2.24, 2.45) is 11.8 Å². The number of carbonyl (C=O) groups is 3. The molecule has 6 aliphatic rings. The lowest BCUT2D eigenvalue weighted by molar-refractivity contribution is -0.171. The zero-order chi connectivity index (χ0) is 34.1. The molecule has 3 aliphatic heterocycles. The van der Waals surface area contributed by atoms with Crippen LogP contribution >= 0.6 is 0 Å². The minimum absolute atomic E-state index is 0.0403. The van der Waals surface area contributed by atoms with Gasteiger partial charge in [-0.05, 0) is 92.4 Å². The van der Waals surface area contributed by atoms with Crippen molar-refractivity contribution >= 4 is 24.1 Å². The molecule has 2 fully saturated rings. The van der Waals surface area contributed by atoms with Crippen molar-refractivity contribution < 1.29 is 43.5 Å². The predicted molar refractivity (Wildman–Crippen MR) is 175 cm³/mol. The van der Waals surface area contributed by atoms with E-state index in [-0.39, 0.29) is 47.1 Å². The Balaban J connectivity index is 1.58. The lowest BCUT2D eigenvalue weighted by atomic mass is 9.51. The van der Waals surface area contributed by atoms with E-state index in [0.29, 0.717) is 36.1 Å². The SMILES string of the molecule is CC(C)=CCC[C@]1(C)C=Cc2c(O)c3c(c(CC=C(C)C)c2O1)O[C@]12C(=CC4CC1C(C)(C)OC2(CC=C(CO)OC=O)C4=O)C3=O. The summed E-state index contributed by atoms with van der Waals surface area (Å²) in [5, 5.41) is 21.6. The highest BCUT2D eigenvalue weighted by Crippen LogP contribution is 2.68. The van der Waals surface area contributed by atoms with Crippen LogP contribution in [0.2, 0.25) is 0 Å². The Bertz CT molecular complexity index is 1710. The Morgan fingerprint density at radius 2 is 1.77 bits per heavy atom. The monoisotopic (exact) mass is 644 g/mol. The van der Waals surface area contributed by atoms with Crippen LogP contribution in [-0.2, 0) is 25.5 Å². The van der Waals surface area contributed by atoms with Gasteiger partial charge in [-0.2, -0.15) is 0 Å². The van der Waals surface area contributed by atoms with E-state index < -0.39 is 46.6 Å². The van der Waals surface area contributed by atoms with E-state index in [0.717, 1.165) is 12.0 Å². The number of Topliss-reactive ketones (excluding diaryl/α,β-unsaturated/α-hetero) is 2. The first kappa shape index (κ1) is 33.0. The molecule has 9 nitrogen and oxygen atoms in total. The number of fused-ring (bicyclic) bond motifs is 2. The Morgan fingerprint density at radius 3 is 2.43 bits per heavy atom. The number of aromatic hydroxyl groups is 1. The quantitative estimate of drug-likeness (QED) is 0.172. The zero-order valence-electron chi connectivity index (χ0n) is 28.2. The molecular weight excluding hydrogens is 600 g/mol. The fourth-order valence-corrected chi connectivity index (χ4v) is 8.26. The minimum Gasteiger partial charge on any atom is -0.506 e. The second-order valence-corrected chi connectivity index (χ2v) is 14.6. The molecule has 9 heteroatoms. The summed E-state index contributed by atoms with van der Waals surface area (Å²) in [5.74, 6) is -1.31. The Kier molecular flexibility index (Phi) is 7.95. The van der Waals surface area contributed by atoms with Gasteiger partial charge in [-0.15, -0.1) is 0 Å². The predicted octanol–water partition coefficient (Wildman–Crippen LogP) is 6.26. The van der Waals surface area contributed by atoms with Gasteiger partial charge in [0.05, 0.1) is 11.2 Å². The van der Waals surface area contributed by atoms with Gasteiger partial charge in [0.25, 0.3) is 6.47 Å². The maximum absolute atomic E-state index is 14.8. The van der Waals surface area contributed by atoms with Crippen LogP contribution in [0.4, 0.5) is 0 Å². The molecule has 1 aromatic carbocycles. The number of ether oxygens (including phenoxy) is 4. The van der Waals surface area contributed by atoms with Crippen LogP contribution in [0.1, 0.15) is 95.6 Å². The van der Waals surface area contributed by atoms with Gasteiger partial charge in [0.15, 0.2) is 22.8 Å². The number of carbonyl (C=O) groups excluding carboxylic acids is 3. The van der Waals surface area contributed by atoms with Crippen LogP contribution in [-0.4, -0.2) is 57.3 Å². The topological polar surface area (TPSA) is 129 Å². The fourth-order valence-electron chi connectivity index (χ4n) is 8.26. The molecule has 250 valence electrons. The fraction of sp³-hybridized carbons (Fsp3) is 0.500. The number of hydrogen-bond donors (Lipinski definition) is 2. The molecule has 0 radical (unpaired) electrons. The first-order valence-corrected chi connectivity index (χ1v) is 16.3. The minimum atomic E-state index is -1.66. The van der Waals surface area contributed by atoms with Crippen molar-refractivity contribution in [3.8, 4) is 17.2 Å². The first-order chi connectivity index (χ1) is 22.1. The third kappa shape index (κ3) is 4.84. The molecule has 2 N–H and O–H groups in total. The number of ketones is 2. The highest BCUT2D eigenvalue weighted by atomic mass is 16.6. The van der Waals surface area contributed by atoms with Gasteiger partial charge in [0.1, 0.15) is 40.8 Å². The summed E-state index contributed by atoms with van der Waals surface area (Å²) < 4.78 is 25.6. The second kappa shape index (κ2) is 11.3.